The molecule has 0 N–H and O–H groups in total. The van der Waals surface area contributed by atoms with E-state index in [-0.39, 0.29) is 5.78 Å². The van der Waals surface area contributed by atoms with Gasteiger partial charge in [-0.05, 0) is 23.2 Å². The third kappa shape index (κ3) is 3.24. The van der Waals surface area contributed by atoms with Gasteiger partial charge < -0.3 is 0 Å². The molecule has 0 aliphatic rings. The molecule has 3 rings (SSSR count). The number of carbonyl (C=O) groups excluding carboxylic acids is 1. The summed E-state index contributed by atoms with van der Waals surface area (Å²) in [4.78, 5) is 13.0. The summed E-state index contributed by atoms with van der Waals surface area (Å²) in [6.07, 6.45) is 0. The van der Waals surface area contributed by atoms with Gasteiger partial charge in [0, 0.05) is 11.1 Å². The van der Waals surface area contributed by atoms with Crippen molar-refractivity contribution in [1.29, 1.82) is 0 Å². The van der Waals surface area contributed by atoms with Gasteiger partial charge in [0.15, 0.2) is 5.78 Å². The van der Waals surface area contributed by atoms with Crippen LogP contribution in [0.5, 0.6) is 0 Å². The van der Waals surface area contributed by atoms with Crippen molar-refractivity contribution in [1.82, 2.24) is 0 Å². The van der Waals surface area contributed by atoms with Crippen LogP contribution in [0.25, 0.3) is 11.1 Å². The van der Waals surface area contributed by atoms with E-state index >= 15 is 0 Å². The van der Waals surface area contributed by atoms with Crippen LogP contribution in [0.1, 0.15) is 21.5 Å². The molecule has 0 bridgehead atoms. The molecule has 1 radical (unpaired) electrons. The summed E-state index contributed by atoms with van der Waals surface area (Å²) in [6, 6.07) is 24.2. The molecule has 3 aromatic carbocycles. The standard InChI is InChI=1S/C22H21OSi/c1-16-8-7-11-20(22(16)24(2)3)21(23)19-14-12-18(13-15-19)17-9-5-4-6-10-17/h4-15H,1-3H3. The Kier molecular flexibility index (Phi) is 4.77. The highest BCUT2D eigenvalue weighted by atomic mass is 28.3. The lowest BCUT2D eigenvalue weighted by molar-refractivity contribution is 0.103. The van der Waals surface area contributed by atoms with Gasteiger partial charge in [-0.1, -0.05) is 91.5 Å². The average Bonchev–Trinajstić information content (AvgIpc) is 2.61. The number of rotatable bonds is 4. The third-order valence-corrected chi connectivity index (χ3v) is 5.94. The Labute approximate surface area is 145 Å². The van der Waals surface area contributed by atoms with E-state index in [1.165, 1.54) is 16.3 Å². The van der Waals surface area contributed by atoms with Crippen LogP contribution >= 0.6 is 0 Å². The number of aryl methyl sites for hydroxylation is 1. The monoisotopic (exact) mass is 329 g/mol. The van der Waals surface area contributed by atoms with Crippen molar-refractivity contribution in [3.05, 3.63) is 89.5 Å². The lowest BCUT2D eigenvalue weighted by atomic mass is 9.98. The summed E-state index contributed by atoms with van der Waals surface area (Å²) >= 11 is 0. The van der Waals surface area contributed by atoms with Gasteiger partial charge >= 0.3 is 0 Å². The molecule has 0 spiro atoms. The minimum Gasteiger partial charge on any atom is -0.289 e. The van der Waals surface area contributed by atoms with Gasteiger partial charge in [-0.2, -0.15) is 0 Å². The second-order valence-electron chi connectivity index (χ2n) is 6.27. The van der Waals surface area contributed by atoms with Crippen molar-refractivity contribution in [3.8, 4) is 11.1 Å². The largest absolute Gasteiger partial charge is 0.289 e. The lowest BCUT2D eigenvalue weighted by Crippen LogP contribution is -2.31. The summed E-state index contributed by atoms with van der Waals surface area (Å²) in [5.41, 5.74) is 5.14. The van der Waals surface area contributed by atoms with Gasteiger partial charge in [0.05, 0.1) is 8.80 Å². The molecular formula is C22H21OSi. The Bertz CT molecular complexity index is 849. The van der Waals surface area contributed by atoms with Crippen molar-refractivity contribution in [2.45, 2.75) is 20.0 Å². The molecule has 0 saturated carbocycles. The number of benzene rings is 3. The zero-order valence-corrected chi connectivity index (χ0v) is 15.3. The van der Waals surface area contributed by atoms with Gasteiger partial charge in [-0.3, -0.25) is 4.79 Å². The fourth-order valence-corrected chi connectivity index (χ4v) is 4.73. The quantitative estimate of drug-likeness (QED) is 0.494. The molecule has 0 aliphatic heterocycles. The third-order valence-electron chi connectivity index (χ3n) is 4.27. The Balaban J connectivity index is 1.96. The maximum absolute atomic E-state index is 13.0. The highest BCUT2D eigenvalue weighted by Crippen LogP contribution is 2.20. The van der Waals surface area contributed by atoms with Crippen molar-refractivity contribution in [3.63, 3.8) is 0 Å². The maximum atomic E-state index is 13.0. The van der Waals surface area contributed by atoms with Crippen LogP contribution in [-0.4, -0.2) is 14.6 Å². The summed E-state index contributed by atoms with van der Waals surface area (Å²) in [5, 5.41) is 1.25. The van der Waals surface area contributed by atoms with E-state index in [1.807, 2.05) is 54.6 Å². The molecule has 0 aromatic heterocycles. The molecule has 0 saturated heterocycles. The minimum atomic E-state index is -0.695. The van der Waals surface area contributed by atoms with E-state index in [0.717, 1.165) is 16.7 Å². The highest BCUT2D eigenvalue weighted by molar-refractivity contribution is 6.72. The Morgan fingerprint density at radius 3 is 2.00 bits per heavy atom. The normalized spacial score (nSPS) is 10.8. The molecule has 2 heteroatoms. The molecule has 0 heterocycles. The van der Waals surface area contributed by atoms with Gasteiger partial charge in [0.2, 0.25) is 0 Å². The Morgan fingerprint density at radius 1 is 0.750 bits per heavy atom. The molecule has 0 aliphatic carbocycles. The number of hydrogen-bond donors (Lipinski definition) is 0. The van der Waals surface area contributed by atoms with Crippen LogP contribution < -0.4 is 5.19 Å². The van der Waals surface area contributed by atoms with Crippen LogP contribution in [0.15, 0.2) is 72.8 Å². The zero-order valence-electron chi connectivity index (χ0n) is 14.3. The SMILES string of the molecule is Cc1cccc(C(=O)c2ccc(-c3ccccc3)cc2)c1[Si](C)C. The maximum Gasteiger partial charge on any atom is 0.192 e. The highest BCUT2D eigenvalue weighted by Gasteiger charge is 2.17. The second-order valence-corrected chi connectivity index (χ2v) is 8.77. The van der Waals surface area contributed by atoms with Crippen LogP contribution in [-0.2, 0) is 0 Å². The first kappa shape index (κ1) is 16.4. The Morgan fingerprint density at radius 2 is 1.38 bits per heavy atom. The Hall–Kier alpha value is -2.45. The minimum absolute atomic E-state index is 0.125. The molecule has 0 unspecified atom stereocenters. The summed E-state index contributed by atoms with van der Waals surface area (Å²) in [7, 11) is -0.695. The van der Waals surface area contributed by atoms with E-state index in [2.05, 4.69) is 38.2 Å². The number of ketones is 1. The fraction of sp³-hybridized carbons (Fsp3) is 0.136. The van der Waals surface area contributed by atoms with Crippen molar-refractivity contribution in [2.75, 3.05) is 0 Å². The van der Waals surface area contributed by atoms with Crippen LogP contribution in [0, 0.1) is 6.92 Å². The van der Waals surface area contributed by atoms with Gasteiger partial charge in [0.25, 0.3) is 0 Å². The van der Waals surface area contributed by atoms with E-state index in [0.29, 0.717) is 0 Å². The fourth-order valence-electron chi connectivity index (χ4n) is 3.12. The van der Waals surface area contributed by atoms with Crippen molar-refractivity contribution < 1.29 is 4.79 Å². The van der Waals surface area contributed by atoms with Crippen molar-refractivity contribution in [2.24, 2.45) is 0 Å². The molecule has 24 heavy (non-hydrogen) atoms. The second kappa shape index (κ2) is 6.98. The first-order valence-corrected chi connectivity index (χ1v) is 10.7. The molecular weight excluding hydrogens is 308 g/mol. The lowest BCUT2D eigenvalue weighted by Gasteiger charge is -2.14. The van der Waals surface area contributed by atoms with Gasteiger partial charge in [0.1, 0.15) is 0 Å². The molecule has 3 aromatic rings. The summed E-state index contributed by atoms with van der Waals surface area (Å²) in [6.45, 7) is 6.58. The summed E-state index contributed by atoms with van der Waals surface area (Å²) in [5.74, 6) is 0.125. The van der Waals surface area contributed by atoms with Crippen LogP contribution in [0.4, 0.5) is 0 Å². The smallest absolute Gasteiger partial charge is 0.192 e. The average molecular weight is 329 g/mol. The molecule has 0 fully saturated rings. The number of hydrogen-bond acceptors (Lipinski definition) is 1. The first-order valence-electron chi connectivity index (χ1n) is 8.18. The molecule has 0 amide bonds. The van der Waals surface area contributed by atoms with Gasteiger partial charge in [-0.25, -0.2) is 0 Å². The van der Waals surface area contributed by atoms with Crippen LogP contribution in [0.3, 0.4) is 0 Å². The van der Waals surface area contributed by atoms with E-state index in [1.54, 1.807) is 0 Å². The van der Waals surface area contributed by atoms with Crippen LogP contribution in [0.2, 0.25) is 13.1 Å². The van der Waals surface area contributed by atoms with E-state index in [4.69, 9.17) is 0 Å². The zero-order chi connectivity index (χ0) is 17.1. The van der Waals surface area contributed by atoms with E-state index in [9.17, 15) is 4.79 Å². The molecule has 119 valence electrons. The van der Waals surface area contributed by atoms with Crippen molar-refractivity contribution >= 4 is 19.8 Å². The van der Waals surface area contributed by atoms with E-state index < -0.39 is 8.80 Å². The topological polar surface area (TPSA) is 17.1 Å². The molecule has 0 atom stereocenters. The first-order chi connectivity index (χ1) is 11.6. The predicted octanol–water partition coefficient (Wildman–Crippen LogP) is 4.85. The van der Waals surface area contributed by atoms with Gasteiger partial charge in [-0.15, -0.1) is 0 Å². The molecule has 1 nitrogen and oxygen atoms in total. The summed E-state index contributed by atoms with van der Waals surface area (Å²) < 4.78 is 0. The predicted molar refractivity (Wildman–Crippen MR) is 104 cm³/mol. The number of carbonyl (C=O) groups is 1.